The summed E-state index contributed by atoms with van der Waals surface area (Å²) in [5.41, 5.74) is -0.505. The fraction of sp³-hybridized carbons (Fsp3) is 0.500. The van der Waals surface area contributed by atoms with Crippen molar-refractivity contribution in [2.75, 3.05) is 0 Å². The minimum Gasteiger partial charge on any atom is -0.481 e. The van der Waals surface area contributed by atoms with Gasteiger partial charge in [0.25, 0.3) is 0 Å². The predicted molar refractivity (Wildman–Crippen MR) is 102 cm³/mol. The first-order chi connectivity index (χ1) is 12.5. The fourth-order valence-corrected chi connectivity index (χ4v) is 3.50. The van der Waals surface area contributed by atoms with Gasteiger partial charge in [-0.15, -0.1) is 0 Å². The van der Waals surface area contributed by atoms with E-state index in [0.29, 0.717) is 12.8 Å². The molecule has 2 rings (SSSR count). The molecule has 0 radical (unpaired) electrons. The van der Waals surface area contributed by atoms with Gasteiger partial charge >= 0.3 is 11.9 Å². The summed E-state index contributed by atoms with van der Waals surface area (Å²) >= 11 is 0. The molecule has 5 nitrogen and oxygen atoms in total. The first-order valence-electron chi connectivity index (χ1n) is 9.24. The Kier molecular flexibility index (Phi) is 6.24. The van der Waals surface area contributed by atoms with E-state index in [1.807, 2.05) is 43.3 Å². The number of aliphatic carboxylic acids is 1. The Labute approximate surface area is 160 Å². The molecule has 0 amide bonds. The van der Waals surface area contributed by atoms with Gasteiger partial charge in [0.15, 0.2) is 5.78 Å². The van der Waals surface area contributed by atoms with E-state index < -0.39 is 35.3 Å². The normalized spacial score (nSPS) is 23.3. The molecule has 0 bridgehead atoms. The van der Waals surface area contributed by atoms with Gasteiger partial charge in [0.2, 0.25) is 0 Å². The van der Waals surface area contributed by atoms with Gasteiger partial charge in [0.05, 0.1) is 6.42 Å². The quantitative estimate of drug-likeness (QED) is 0.481. The SMILES string of the molecule is CC1=CC(Cc2ccccc2)C(=O)C(CC(=O)O)(C(=O)OC(C)(C)C)CC1. The molecule has 1 aliphatic carbocycles. The average molecular weight is 372 g/mol. The van der Waals surface area contributed by atoms with Gasteiger partial charge in [-0.25, -0.2) is 0 Å². The molecule has 0 aliphatic heterocycles. The molecular weight excluding hydrogens is 344 g/mol. The Balaban J connectivity index is 2.44. The lowest BCUT2D eigenvalue weighted by molar-refractivity contribution is -0.175. The minimum atomic E-state index is -1.66. The van der Waals surface area contributed by atoms with Crippen LogP contribution in [0.4, 0.5) is 0 Å². The van der Waals surface area contributed by atoms with E-state index >= 15 is 0 Å². The highest BCUT2D eigenvalue weighted by molar-refractivity contribution is 6.08. The zero-order valence-electron chi connectivity index (χ0n) is 16.5. The summed E-state index contributed by atoms with van der Waals surface area (Å²) in [6.45, 7) is 7.06. The van der Waals surface area contributed by atoms with Gasteiger partial charge in [0.1, 0.15) is 11.0 Å². The Hall–Kier alpha value is -2.43. The maximum absolute atomic E-state index is 13.5. The molecule has 1 aromatic rings. The third-order valence-corrected chi connectivity index (χ3v) is 4.78. The van der Waals surface area contributed by atoms with Crippen molar-refractivity contribution < 1.29 is 24.2 Å². The highest BCUT2D eigenvalue weighted by Crippen LogP contribution is 2.40. The molecule has 0 saturated carbocycles. The number of carboxylic acids is 1. The lowest BCUT2D eigenvalue weighted by atomic mass is 9.72. The number of hydrogen-bond donors (Lipinski definition) is 1. The number of benzene rings is 1. The van der Waals surface area contributed by atoms with Crippen LogP contribution in [0.25, 0.3) is 0 Å². The van der Waals surface area contributed by atoms with E-state index in [0.717, 1.165) is 11.1 Å². The molecule has 0 spiro atoms. The maximum Gasteiger partial charge on any atom is 0.320 e. The molecule has 0 heterocycles. The highest BCUT2D eigenvalue weighted by Gasteiger charge is 2.52. The van der Waals surface area contributed by atoms with E-state index in [9.17, 15) is 19.5 Å². The number of ether oxygens (including phenoxy) is 1. The standard InChI is InChI=1S/C22H28O5/c1-15-10-11-22(14-18(23)24,20(26)27-21(2,3)4)19(25)17(12-15)13-16-8-6-5-7-9-16/h5-9,12,17H,10-11,13-14H2,1-4H3,(H,23,24). The van der Waals surface area contributed by atoms with Crippen LogP contribution in [0.3, 0.4) is 0 Å². The minimum absolute atomic E-state index is 0.153. The van der Waals surface area contributed by atoms with Crippen LogP contribution in [0.5, 0.6) is 0 Å². The Bertz CT molecular complexity index is 742. The van der Waals surface area contributed by atoms with E-state index in [-0.39, 0.29) is 12.2 Å². The summed E-state index contributed by atoms with van der Waals surface area (Å²) in [4.78, 5) is 38.1. The zero-order valence-corrected chi connectivity index (χ0v) is 16.5. The molecule has 0 saturated heterocycles. The molecule has 1 aliphatic rings. The zero-order chi connectivity index (χ0) is 20.2. The second-order valence-corrected chi connectivity index (χ2v) is 8.33. The highest BCUT2D eigenvalue weighted by atomic mass is 16.6. The number of hydrogen-bond acceptors (Lipinski definition) is 4. The van der Waals surface area contributed by atoms with Crippen LogP contribution in [0.1, 0.15) is 52.5 Å². The van der Waals surface area contributed by atoms with Crippen LogP contribution in [-0.2, 0) is 25.5 Å². The Morgan fingerprint density at radius 3 is 2.41 bits per heavy atom. The van der Waals surface area contributed by atoms with Crippen LogP contribution < -0.4 is 0 Å². The Morgan fingerprint density at radius 1 is 1.22 bits per heavy atom. The van der Waals surface area contributed by atoms with Crippen LogP contribution in [-0.4, -0.2) is 28.4 Å². The molecule has 27 heavy (non-hydrogen) atoms. The number of carbonyl (C=O) groups excluding carboxylic acids is 2. The third kappa shape index (κ3) is 5.28. The van der Waals surface area contributed by atoms with Gasteiger partial charge in [-0.3, -0.25) is 14.4 Å². The molecule has 1 N–H and O–H groups in total. The van der Waals surface area contributed by atoms with Gasteiger partial charge < -0.3 is 9.84 Å². The number of carbonyl (C=O) groups is 3. The largest absolute Gasteiger partial charge is 0.481 e. The number of carboxylic acid groups (broad SMARTS) is 1. The van der Waals surface area contributed by atoms with Gasteiger partial charge in [0, 0.05) is 5.92 Å². The number of rotatable bonds is 5. The molecule has 2 unspecified atom stereocenters. The molecular formula is C22H28O5. The van der Waals surface area contributed by atoms with Gasteiger partial charge in [-0.05, 0) is 52.5 Å². The van der Waals surface area contributed by atoms with Crippen molar-refractivity contribution >= 4 is 17.7 Å². The summed E-state index contributed by atoms with van der Waals surface area (Å²) in [7, 11) is 0. The monoisotopic (exact) mass is 372 g/mol. The number of ketones is 1. The predicted octanol–water partition coefficient (Wildman–Crippen LogP) is 3.96. The van der Waals surface area contributed by atoms with Gasteiger partial charge in [-0.1, -0.05) is 42.0 Å². The third-order valence-electron chi connectivity index (χ3n) is 4.78. The van der Waals surface area contributed by atoms with E-state index in [4.69, 9.17) is 4.74 Å². The van der Waals surface area contributed by atoms with Crippen molar-refractivity contribution in [2.45, 2.75) is 59.0 Å². The second kappa shape index (κ2) is 8.07. The molecule has 0 fully saturated rings. The van der Waals surface area contributed by atoms with Crippen LogP contribution in [0.15, 0.2) is 42.0 Å². The maximum atomic E-state index is 13.5. The summed E-state index contributed by atoms with van der Waals surface area (Å²) in [5.74, 6) is -2.82. The summed E-state index contributed by atoms with van der Waals surface area (Å²) in [5, 5.41) is 9.45. The van der Waals surface area contributed by atoms with Crippen LogP contribution >= 0.6 is 0 Å². The van der Waals surface area contributed by atoms with E-state index in [2.05, 4.69) is 0 Å². The first-order valence-corrected chi connectivity index (χ1v) is 9.24. The fourth-order valence-electron chi connectivity index (χ4n) is 3.50. The molecule has 1 aromatic carbocycles. The lowest BCUT2D eigenvalue weighted by Crippen LogP contribution is -2.47. The Morgan fingerprint density at radius 2 is 1.85 bits per heavy atom. The lowest BCUT2D eigenvalue weighted by Gasteiger charge is -2.33. The second-order valence-electron chi connectivity index (χ2n) is 8.33. The van der Waals surface area contributed by atoms with Crippen molar-refractivity contribution in [3.05, 3.63) is 47.5 Å². The van der Waals surface area contributed by atoms with Crippen molar-refractivity contribution in [1.82, 2.24) is 0 Å². The number of esters is 1. The first kappa shape index (κ1) is 20.9. The summed E-state index contributed by atoms with van der Waals surface area (Å²) in [6.07, 6.45) is 2.40. The summed E-state index contributed by atoms with van der Waals surface area (Å²) in [6, 6.07) is 9.53. The van der Waals surface area contributed by atoms with Crippen molar-refractivity contribution in [3.8, 4) is 0 Å². The molecule has 2 atom stereocenters. The molecule has 0 aromatic heterocycles. The summed E-state index contributed by atoms with van der Waals surface area (Å²) < 4.78 is 5.49. The van der Waals surface area contributed by atoms with Crippen molar-refractivity contribution in [3.63, 3.8) is 0 Å². The van der Waals surface area contributed by atoms with E-state index in [1.165, 1.54) is 0 Å². The van der Waals surface area contributed by atoms with E-state index in [1.54, 1.807) is 20.8 Å². The smallest absolute Gasteiger partial charge is 0.320 e. The van der Waals surface area contributed by atoms with Crippen molar-refractivity contribution in [2.24, 2.45) is 11.3 Å². The molecule has 146 valence electrons. The van der Waals surface area contributed by atoms with Crippen LogP contribution in [0.2, 0.25) is 0 Å². The van der Waals surface area contributed by atoms with Gasteiger partial charge in [-0.2, -0.15) is 0 Å². The molecule has 5 heteroatoms. The topological polar surface area (TPSA) is 80.7 Å². The number of Topliss-reactive ketones (excluding diaryl/α,β-unsaturated/α-hetero) is 1. The average Bonchev–Trinajstić information content (AvgIpc) is 2.66. The number of allylic oxidation sites excluding steroid dienone is 2. The van der Waals surface area contributed by atoms with Crippen LogP contribution in [0, 0.1) is 11.3 Å². The van der Waals surface area contributed by atoms with Crippen molar-refractivity contribution in [1.29, 1.82) is 0 Å².